The van der Waals surface area contributed by atoms with E-state index >= 15 is 0 Å². The fraction of sp³-hybridized carbons (Fsp3) is 0.207. The van der Waals surface area contributed by atoms with Gasteiger partial charge in [0.2, 0.25) is 0 Å². The first-order valence-corrected chi connectivity index (χ1v) is 12.3. The van der Waals surface area contributed by atoms with E-state index in [0.29, 0.717) is 33.5 Å². The van der Waals surface area contributed by atoms with E-state index in [-0.39, 0.29) is 12.0 Å². The number of halogens is 2. The van der Waals surface area contributed by atoms with Gasteiger partial charge in [0.1, 0.15) is 18.0 Å². The van der Waals surface area contributed by atoms with E-state index in [4.69, 9.17) is 32.7 Å². The van der Waals surface area contributed by atoms with Crippen molar-refractivity contribution in [3.8, 4) is 5.75 Å². The Labute approximate surface area is 226 Å². The number of imide groups is 1. The van der Waals surface area contributed by atoms with Crippen molar-refractivity contribution in [3.05, 3.63) is 105 Å². The molecule has 3 rings (SSSR count). The molecule has 37 heavy (non-hydrogen) atoms. The second-order valence-corrected chi connectivity index (χ2v) is 10.0. The molecule has 0 fully saturated rings. The average Bonchev–Trinajstić information content (AvgIpc) is 2.82. The smallest absolute Gasteiger partial charge is 0.414 e. The van der Waals surface area contributed by atoms with E-state index in [1.807, 2.05) is 30.3 Å². The summed E-state index contributed by atoms with van der Waals surface area (Å²) in [5.74, 6) is -0.924. The molecule has 0 aliphatic rings. The number of rotatable bonds is 8. The third-order valence-electron chi connectivity index (χ3n) is 4.94. The number of benzene rings is 3. The third kappa shape index (κ3) is 9.08. The minimum atomic E-state index is -0.953. The molecular formula is C29H27Cl2NO5. The Morgan fingerprint density at radius 3 is 2.19 bits per heavy atom. The fourth-order valence-electron chi connectivity index (χ4n) is 3.25. The summed E-state index contributed by atoms with van der Waals surface area (Å²) < 4.78 is 11.0. The van der Waals surface area contributed by atoms with Crippen molar-refractivity contribution in [2.45, 2.75) is 39.4 Å². The molecule has 192 valence electrons. The minimum Gasteiger partial charge on any atom is -0.487 e. The first-order chi connectivity index (χ1) is 17.5. The molecule has 0 aliphatic carbocycles. The zero-order valence-electron chi connectivity index (χ0n) is 20.7. The number of ether oxygens (including phenoxy) is 2. The standard InChI is InChI=1S/C29H27Cl2NO5/c1-29(2,3)37-28(35)32-27(34)23(25(33)17-19-9-12-22(30)13-10-19)15-21-11-14-26(24(31)16-21)36-18-20-7-5-4-6-8-20/h4-16H,17-18H2,1-3H3,(H,32,34,35)/b23-15+. The van der Waals surface area contributed by atoms with Crippen molar-refractivity contribution < 1.29 is 23.9 Å². The maximum atomic E-state index is 13.1. The number of alkyl carbamates (subject to hydrolysis) is 1. The largest absolute Gasteiger partial charge is 0.487 e. The van der Waals surface area contributed by atoms with Crippen LogP contribution in [-0.2, 0) is 27.4 Å². The van der Waals surface area contributed by atoms with Crippen molar-refractivity contribution in [2.75, 3.05) is 0 Å². The number of nitrogens with one attached hydrogen (secondary N) is 1. The molecule has 0 unspecified atom stereocenters. The summed E-state index contributed by atoms with van der Waals surface area (Å²) in [5.41, 5.74) is 1.08. The summed E-state index contributed by atoms with van der Waals surface area (Å²) in [7, 11) is 0. The zero-order chi connectivity index (χ0) is 27.0. The lowest BCUT2D eigenvalue weighted by Crippen LogP contribution is -2.38. The maximum absolute atomic E-state index is 13.1. The Morgan fingerprint density at radius 1 is 0.892 bits per heavy atom. The molecule has 0 atom stereocenters. The molecule has 0 heterocycles. The minimum absolute atomic E-state index is 0.0727. The van der Waals surface area contributed by atoms with Crippen LogP contribution in [0.5, 0.6) is 5.75 Å². The quantitative estimate of drug-likeness (QED) is 0.193. The Kier molecular flexibility index (Phi) is 9.50. The second-order valence-electron chi connectivity index (χ2n) is 9.20. The molecule has 0 bridgehead atoms. The van der Waals surface area contributed by atoms with Gasteiger partial charge in [0, 0.05) is 11.4 Å². The van der Waals surface area contributed by atoms with Crippen LogP contribution in [0.4, 0.5) is 4.79 Å². The number of carbonyl (C=O) groups is 3. The molecule has 2 amide bonds. The predicted octanol–water partition coefficient (Wildman–Crippen LogP) is 6.82. The van der Waals surface area contributed by atoms with Gasteiger partial charge in [-0.2, -0.15) is 0 Å². The molecule has 0 aliphatic heterocycles. The van der Waals surface area contributed by atoms with Gasteiger partial charge in [-0.05, 0) is 67.8 Å². The molecule has 0 aromatic heterocycles. The Hall–Kier alpha value is -3.61. The van der Waals surface area contributed by atoms with E-state index in [0.717, 1.165) is 5.56 Å². The molecule has 3 aromatic rings. The predicted molar refractivity (Wildman–Crippen MR) is 145 cm³/mol. The molecule has 0 radical (unpaired) electrons. The molecule has 3 aromatic carbocycles. The van der Waals surface area contributed by atoms with Gasteiger partial charge in [-0.3, -0.25) is 14.9 Å². The lowest BCUT2D eigenvalue weighted by molar-refractivity contribution is -0.121. The van der Waals surface area contributed by atoms with Gasteiger partial charge in [-0.25, -0.2) is 4.79 Å². The summed E-state index contributed by atoms with van der Waals surface area (Å²) in [5, 5.41) is 2.96. The van der Waals surface area contributed by atoms with Gasteiger partial charge in [-0.1, -0.05) is 71.7 Å². The van der Waals surface area contributed by atoms with Gasteiger partial charge in [-0.15, -0.1) is 0 Å². The molecule has 0 saturated carbocycles. The SMILES string of the molecule is CC(C)(C)OC(=O)NC(=O)/C(=C/c1ccc(OCc2ccccc2)c(Cl)c1)C(=O)Cc1ccc(Cl)cc1. The summed E-state index contributed by atoms with van der Waals surface area (Å²) in [4.78, 5) is 38.3. The van der Waals surface area contributed by atoms with Crippen molar-refractivity contribution in [2.24, 2.45) is 0 Å². The van der Waals surface area contributed by atoms with Crippen LogP contribution in [0.15, 0.2) is 78.4 Å². The van der Waals surface area contributed by atoms with Gasteiger partial charge in [0.05, 0.1) is 10.6 Å². The topological polar surface area (TPSA) is 81.7 Å². The number of hydrogen-bond acceptors (Lipinski definition) is 5. The Bertz CT molecular complexity index is 1300. The van der Waals surface area contributed by atoms with Crippen molar-refractivity contribution in [1.82, 2.24) is 5.32 Å². The normalized spacial score (nSPS) is 11.5. The summed E-state index contributed by atoms with van der Waals surface area (Å²) in [6.07, 6.45) is 0.354. The number of hydrogen-bond donors (Lipinski definition) is 1. The molecule has 0 saturated heterocycles. The van der Waals surface area contributed by atoms with Crippen LogP contribution in [0.2, 0.25) is 10.0 Å². The fourth-order valence-corrected chi connectivity index (χ4v) is 3.61. The van der Waals surface area contributed by atoms with Gasteiger partial charge in [0.15, 0.2) is 5.78 Å². The number of ketones is 1. The lowest BCUT2D eigenvalue weighted by atomic mass is 10.00. The third-order valence-corrected chi connectivity index (χ3v) is 5.49. The molecular weight excluding hydrogens is 513 g/mol. The Morgan fingerprint density at radius 2 is 1.57 bits per heavy atom. The van der Waals surface area contributed by atoms with E-state index in [2.05, 4.69) is 5.32 Å². The van der Waals surface area contributed by atoms with Crippen LogP contribution in [0.3, 0.4) is 0 Å². The van der Waals surface area contributed by atoms with E-state index in [9.17, 15) is 14.4 Å². The highest BCUT2D eigenvalue weighted by Crippen LogP contribution is 2.27. The molecule has 1 N–H and O–H groups in total. The zero-order valence-corrected chi connectivity index (χ0v) is 22.2. The molecule has 6 nitrogen and oxygen atoms in total. The Balaban J connectivity index is 1.83. The highest BCUT2D eigenvalue weighted by molar-refractivity contribution is 6.32. The van der Waals surface area contributed by atoms with Crippen LogP contribution in [0.1, 0.15) is 37.5 Å². The van der Waals surface area contributed by atoms with Gasteiger partial charge >= 0.3 is 6.09 Å². The number of amides is 2. The van der Waals surface area contributed by atoms with Crippen LogP contribution in [0.25, 0.3) is 6.08 Å². The first-order valence-electron chi connectivity index (χ1n) is 11.5. The summed E-state index contributed by atoms with van der Waals surface area (Å²) in [6.45, 7) is 5.34. The van der Waals surface area contributed by atoms with E-state index in [1.54, 1.807) is 63.2 Å². The number of Topliss-reactive ketones (excluding diaryl/α,β-unsaturated/α-hetero) is 1. The van der Waals surface area contributed by atoms with Crippen LogP contribution in [-0.4, -0.2) is 23.4 Å². The monoisotopic (exact) mass is 539 g/mol. The van der Waals surface area contributed by atoms with Crippen LogP contribution in [0, 0.1) is 0 Å². The van der Waals surface area contributed by atoms with Crippen LogP contribution >= 0.6 is 23.2 Å². The molecule has 8 heteroatoms. The summed E-state index contributed by atoms with van der Waals surface area (Å²) >= 11 is 12.3. The lowest BCUT2D eigenvalue weighted by Gasteiger charge is -2.19. The van der Waals surface area contributed by atoms with Crippen molar-refractivity contribution in [3.63, 3.8) is 0 Å². The van der Waals surface area contributed by atoms with Crippen molar-refractivity contribution in [1.29, 1.82) is 0 Å². The second kappa shape index (κ2) is 12.6. The van der Waals surface area contributed by atoms with Crippen LogP contribution < -0.4 is 10.1 Å². The van der Waals surface area contributed by atoms with Gasteiger partial charge in [0.25, 0.3) is 5.91 Å². The molecule has 0 spiro atoms. The first kappa shape index (κ1) is 28.0. The van der Waals surface area contributed by atoms with Gasteiger partial charge < -0.3 is 9.47 Å². The average molecular weight is 540 g/mol. The summed E-state index contributed by atoms with van der Waals surface area (Å²) in [6, 6.07) is 21.2. The highest BCUT2D eigenvalue weighted by atomic mass is 35.5. The number of carbonyl (C=O) groups excluding carboxylic acids is 3. The van der Waals surface area contributed by atoms with E-state index in [1.165, 1.54) is 6.08 Å². The highest BCUT2D eigenvalue weighted by Gasteiger charge is 2.24. The van der Waals surface area contributed by atoms with Crippen molar-refractivity contribution >= 4 is 47.1 Å². The van der Waals surface area contributed by atoms with E-state index < -0.39 is 23.4 Å². The maximum Gasteiger partial charge on any atom is 0.414 e.